The summed E-state index contributed by atoms with van der Waals surface area (Å²) >= 11 is 6.31. The van der Waals surface area contributed by atoms with Crippen molar-refractivity contribution in [1.29, 1.82) is 0 Å². The van der Waals surface area contributed by atoms with E-state index in [-0.39, 0.29) is 5.82 Å². The Morgan fingerprint density at radius 3 is 2.82 bits per heavy atom. The molecule has 0 atom stereocenters. The van der Waals surface area contributed by atoms with Gasteiger partial charge in [0, 0.05) is 22.8 Å². The van der Waals surface area contributed by atoms with E-state index in [4.69, 9.17) is 22.1 Å². The molecule has 2 aromatic carbocycles. The molecule has 1 heterocycles. The third-order valence-electron chi connectivity index (χ3n) is 3.56. The average Bonchev–Trinajstić information content (AvgIpc) is 2.80. The van der Waals surface area contributed by atoms with Crippen molar-refractivity contribution in [1.82, 2.24) is 9.88 Å². The van der Waals surface area contributed by atoms with Crippen LogP contribution in [-0.2, 0) is 0 Å². The highest BCUT2D eigenvalue weighted by molar-refractivity contribution is 6.38. The van der Waals surface area contributed by atoms with Crippen LogP contribution in [0.15, 0.2) is 24.3 Å². The molecule has 0 fully saturated rings. The SMILES string of the molecule is CN(C)CCOc1c(N)cc(Cl)c2c1[nH]c1ccc(F)cc12. The molecule has 0 unspecified atom stereocenters. The molecule has 0 saturated carbocycles. The van der Waals surface area contributed by atoms with Crippen molar-refractivity contribution in [2.45, 2.75) is 0 Å². The first-order valence-electron chi connectivity index (χ1n) is 6.94. The second-order valence-corrected chi connectivity index (χ2v) is 5.90. The van der Waals surface area contributed by atoms with E-state index in [1.165, 1.54) is 12.1 Å². The summed E-state index contributed by atoms with van der Waals surface area (Å²) in [5.41, 5.74) is 7.99. The minimum absolute atomic E-state index is 0.309. The van der Waals surface area contributed by atoms with Crippen molar-refractivity contribution in [3.8, 4) is 5.75 Å². The van der Waals surface area contributed by atoms with Crippen LogP contribution in [0.3, 0.4) is 0 Å². The zero-order chi connectivity index (χ0) is 15.9. The number of halogens is 2. The Bertz CT molecular complexity index is 844. The van der Waals surface area contributed by atoms with Gasteiger partial charge in [0.05, 0.1) is 16.2 Å². The van der Waals surface area contributed by atoms with Crippen LogP contribution in [0.4, 0.5) is 10.1 Å². The molecule has 0 radical (unpaired) electrons. The predicted molar refractivity (Wildman–Crippen MR) is 89.2 cm³/mol. The number of hydrogen-bond acceptors (Lipinski definition) is 3. The molecule has 0 amide bonds. The van der Waals surface area contributed by atoms with E-state index in [0.29, 0.717) is 28.6 Å². The van der Waals surface area contributed by atoms with Crippen LogP contribution in [0.2, 0.25) is 5.02 Å². The predicted octanol–water partition coefficient (Wildman–Crippen LogP) is 3.64. The number of ether oxygens (including phenoxy) is 1. The third kappa shape index (κ3) is 2.58. The van der Waals surface area contributed by atoms with Crippen molar-refractivity contribution < 1.29 is 9.13 Å². The van der Waals surface area contributed by atoms with Gasteiger partial charge in [-0.1, -0.05) is 11.6 Å². The largest absolute Gasteiger partial charge is 0.488 e. The molecule has 0 aliphatic rings. The summed E-state index contributed by atoms with van der Waals surface area (Å²) in [4.78, 5) is 5.24. The molecule has 6 heteroatoms. The maximum absolute atomic E-state index is 13.5. The number of hydrogen-bond donors (Lipinski definition) is 2. The number of nitrogen functional groups attached to an aromatic ring is 1. The van der Waals surface area contributed by atoms with E-state index in [1.807, 2.05) is 19.0 Å². The van der Waals surface area contributed by atoms with Crippen molar-refractivity contribution in [3.05, 3.63) is 35.1 Å². The molecule has 3 rings (SSSR count). The number of benzene rings is 2. The molecule has 0 saturated heterocycles. The van der Waals surface area contributed by atoms with Gasteiger partial charge in [0.25, 0.3) is 0 Å². The Kier molecular flexibility index (Phi) is 3.85. The number of likely N-dealkylation sites (N-methyl/N-ethyl adjacent to an activating group) is 1. The van der Waals surface area contributed by atoms with Gasteiger partial charge in [-0.25, -0.2) is 4.39 Å². The van der Waals surface area contributed by atoms with Crippen LogP contribution in [0.1, 0.15) is 0 Å². The second-order valence-electron chi connectivity index (χ2n) is 5.49. The van der Waals surface area contributed by atoms with Crippen LogP contribution in [-0.4, -0.2) is 37.1 Å². The molecule has 4 nitrogen and oxygen atoms in total. The number of aromatic nitrogens is 1. The number of nitrogens with zero attached hydrogens (tertiary/aromatic N) is 1. The third-order valence-corrected chi connectivity index (χ3v) is 3.85. The summed E-state index contributed by atoms with van der Waals surface area (Å²) in [7, 11) is 3.94. The first-order valence-corrected chi connectivity index (χ1v) is 7.31. The molecule has 1 aromatic heterocycles. The Labute approximate surface area is 132 Å². The van der Waals surface area contributed by atoms with E-state index in [0.717, 1.165) is 22.8 Å². The highest BCUT2D eigenvalue weighted by atomic mass is 35.5. The topological polar surface area (TPSA) is 54.3 Å². The van der Waals surface area contributed by atoms with Crippen molar-refractivity contribution in [2.75, 3.05) is 33.0 Å². The normalized spacial score (nSPS) is 11.7. The fraction of sp³-hybridized carbons (Fsp3) is 0.250. The minimum atomic E-state index is -0.309. The lowest BCUT2D eigenvalue weighted by atomic mass is 10.1. The summed E-state index contributed by atoms with van der Waals surface area (Å²) < 4.78 is 19.4. The number of H-pyrrole nitrogens is 1. The number of rotatable bonds is 4. The monoisotopic (exact) mass is 321 g/mol. The number of fused-ring (bicyclic) bond motifs is 3. The lowest BCUT2D eigenvalue weighted by molar-refractivity contribution is 0.264. The standard InChI is InChI=1S/C16H17ClFN3O/c1-21(2)5-6-22-16-12(19)8-11(17)14-10-7-9(18)3-4-13(10)20-15(14)16/h3-4,7-8,20H,5-6,19H2,1-2H3. The van der Waals surface area contributed by atoms with Crippen molar-refractivity contribution in [2.24, 2.45) is 0 Å². The van der Waals surface area contributed by atoms with Gasteiger partial charge < -0.3 is 20.4 Å². The fourth-order valence-corrected chi connectivity index (χ4v) is 2.80. The van der Waals surface area contributed by atoms with Gasteiger partial charge in [-0.3, -0.25) is 0 Å². The van der Waals surface area contributed by atoms with Crippen molar-refractivity contribution in [3.63, 3.8) is 0 Å². The van der Waals surface area contributed by atoms with Gasteiger partial charge >= 0.3 is 0 Å². The van der Waals surface area contributed by atoms with Gasteiger partial charge in [-0.15, -0.1) is 0 Å². The lowest BCUT2D eigenvalue weighted by Crippen LogP contribution is -2.19. The first-order chi connectivity index (χ1) is 10.5. The Hall–Kier alpha value is -1.98. The summed E-state index contributed by atoms with van der Waals surface area (Å²) in [6.45, 7) is 1.26. The molecule has 0 aliphatic heterocycles. The maximum atomic E-state index is 13.5. The van der Waals surface area contributed by atoms with Crippen LogP contribution in [0.25, 0.3) is 21.8 Å². The van der Waals surface area contributed by atoms with Crippen LogP contribution in [0.5, 0.6) is 5.75 Å². The van der Waals surface area contributed by atoms with E-state index >= 15 is 0 Å². The highest BCUT2D eigenvalue weighted by Crippen LogP contribution is 2.40. The smallest absolute Gasteiger partial charge is 0.166 e. The van der Waals surface area contributed by atoms with Crippen LogP contribution in [0, 0.1) is 5.82 Å². The van der Waals surface area contributed by atoms with E-state index in [1.54, 1.807) is 12.1 Å². The molecule has 3 aromatic rings. The molecular weight excluding hydrogens is 305 g/mol. The van der Waals surface area contributed by atoms with Gasteiger partial charge in [-0.05, 0) is 38.4 Å². The molecular formula is C16H17ClFN3O. The van der Waals surface area contributed by atoms with Gasteiger partial charge in [-0.2, -0.15) is 0 Å². The van der Waals surface area contributed by atoms with Crippen LogP contribution >= 0.6 is 11.6 Å². The maximum Gasteiger partial charge on any atom is 0.166 e. The molecule has 0 bridgehead atoms. The van der Waals surface area contributed by atoms with Crippen LogP contribution < -0.4 is 10.5 Å². The Morgan fingerprint density at radius 2 is 2.09 bits per heavy atom. The molecule has 0 aliphatic carbocycles. The fourth-order valence-electron chi connectivity index (χ4n) is 2.49. The summed E-state index contributed by atoms with van der Waals surface area (Å²) in [5, 5.41) is 1.92. The number of aromatic amines is 1. The zero-order valence-electron chi connectivity index (χ0n) is 12.4. The van der Waals surface area contributed by atoms with Gasteiger partial charge in [0.15, 0.2) is 5.75 Å². The summed E-state index contributed by atoms with van der Waals surface area (Å²) in [6, 6.07) is 6.19. The molecule has 116 valence electrons. The first kappa shape index (κ1) is 14.9. The summed E-state index contributed by atoms with van der Waals surface area (Å²) in [5.74, 6) is 0.245. The molecule has 0 spiro atoms. The number of nitrogens with two attached hydrogens (primary N) is 1. The number of nitrogens with one attached hydrogen (secondary N) is 1. The Balaban J connectivity index is 2.17. The highest BCUT2D eigenvalue weighted by Gasteiger charge is 2.16. The minimum Gasteiger partial charge on any atom is -0.488 e. The van der Waals surface area contributed by atoms with E-state index in [9.17, 15) is 4.39 Å². The van der Waals surface area contributed by atoms with Gasteiger partial charge in [0.2, 0.25) is 0 Å². The van der Waals surface area contributed by atoms with E-state index in [2.05, 4.69) is 4.98 Å². The number of anilines is 1. The Morgan fingerprint density at radius 1 is 1.32 bits per heavy atom. The lowest BCUT2D eigenvalue weighted by Gasteiger charge is -2.13. The van der Waals surface area contributed by atoms with Crippen molar-refractivity contribution >= 4 is 39.1 Å². The summed E-state index contributed by atoms with van der Waals surface area (Å²) in [6.07, 6.45) is 0. The second kappa shape index (κ2) is 5.66. The quantitative estimate of drug-likeness (QED) is 0.721. The van der Waals surface area contributed by atoms with Gasteiger partial charge in [0.1, 0.15) is 12.4 Å². The zero-order valence-corrected chi connectivity index (χ0v) is 13.2. The van der Waals surface area contributed by atoms with E-state index < -0.39 is 0 Å². The average molecular weight is 322 g/mol. The molecule has 3 N–H and O–H groups in total. The molecule has 22 heavy (non-hydrogen) atoms.